The van der Waals surface area contributed by atoms with E-state index in [4.69, 9.17) is 0 Å². The second-order valence-electron chi connectivity index (χ2n) is 6.88. The van der Waals surface area contributed by atoms with Gasteiger partial charge in [0.1, 0.15) is 17.8 Å². The minimum Gasteiger partial charge on any atom is -0.310 e. The molecule has 4 rings (SSSR count). The third-order valence-corrected chi connectivity index (χ3v) is 5.04. The van der Waals surface area contributed by atoms with Crippen molar-refractivity contribution in [3.8, 4) is 11.1 Å². The second kappa shape index (κ2) is 6.78. The molecule has 1 saturated carbocycles. The van der Waals surface area contributed by atoms with E-state index < -0.39 is 23.8 Å². The van der Waals surface area contributed by atoms with Crippen LogP contribution in [0.3, 0.4) is 0 Å². The van der Waals surface area contributed by atoms with Crippen LogP contribution in [0.15, 0.2) is 35.5 Å². The first kappa shape index (κ1) is 18.2. The Morgan fingerprint density at radius 3 is 2.71 bits per heavy atom. The fourth-order valence-corrected chi connectivity index (χ4v) is 3.27. The molecule has 1 aliphatic rings. The van der Waals surface area contributed by atoms with E-state index in [-0.39, 0.29) is 17.8 Å². The maximum atomic E-state index is 13.9. The number of alkyl halides is 1. The van der Waals surface area contributed by atoms with Crippen LogP contribution >= 0.6 is 0 Å². The number of hydrogen-bond acceptors (Lipinski definition) is 4. The topological polar surface area (TPSA) is 76.9 Å². The standard InChI is InChI=1S/C20H18F2N4O2/c1-3-26-17-6-18(25-19(27)13-5-15(13)21)24-7-11(17)4-12(20(26)28)14-8-23-9-16(22)10(14)2/h4,6-9,13,15H,3,5H2,1-2H3,(H,24,25,27)/t13-,15-/m1/s1. The van der Waals surface area contributed by atoms with Gasteiger partial charge in [-0.1, -0.05) is 0 Å². The van der Waals surface area contributed by atoms with Crippen molar-refractivity contribution in [1.82, 2.24) is 14.5 Å². The molecule has 0 bridgehead atoms. The molecule has 0 unspecified atom stereocenters. The molecule has 28 heavy (non-hydrogen) atoms. The Bertz CT molecular complexity index is 1160. The molecule has 1 amide bonds. The summed E-state index contributed by atoms with van der Waals surface area (Å²) in [6.07, 6.45) is 3.23. The number of carbonyl (C=O) groups excluding carboxylic acids is 1. The summed E-state index contributed by atoms with van der Waals surface area (Å²) in [4.78, 5) is 33.0. The highest BCUT2D eigenvalue weighted by molar-refractivity contribution is 5.95. The Kier molecular flexibility index (Phi) is 4.41. The van der Waals surface area contributed by atoms with E-state index in [9.17, 15) is 18.4 Å². The quantitative estimate of drug-likeness (QED) is 0.749. The third kappa shape index (κ3) is 3.04. The molecule has 2 atom stereocenters. The predicted molar refractivity (Wildman–Crippen MR) is 101 cm³/mol. The zero-order chi connectivity index (χ0) is 20.0. The fourth-order valence-electron chi connectivity index (χ4n) is 3.27. The minimum atomic E-state index is -1.10. The van der Waals surface area contributed by atoms with Crippen molar-refractivity contribution >= 4 is 22.6 Å². The monoisotopic (exact) mass is 384 g/mol. The van der Waals surface area contributed by atoms with Crippen LogP contribution in [-0.2, 0) is 11.3 Å². The Morgan fingerprint density at radius 2 is 2.04 bits per heavy atom. The number of anilines is 1. The summed E-state index contributed by atoms with van der Waals surface area (Å²) in [6.45, 7) is 3.79. The predicted octanol–water partition coefficient (Wildman–Crippen LogP) is 3.22. The van der Waals surface area contributed by atoms with E-state index >= 15 is 0 Å². The van der Waals surface area contributed by atoms with Crippen LogP contribution in [0.4, 0.5) is 14.6 Å². The molecule has 3 aromatic heterocycles. The van der Waals surface area contributed by atoms with Gasteiger partial charge in [0.25, 0.3) is 5.56 Å². The first-order valence-corrected chi connectivity index (χ1v) is 8.99. The van der Waals surface area contributed by atoms with Crippen molar-refractivity contribution < 1.29 is 13.6 Å². The molecule has 144 valence electrons. The zero-order valence-electron chi connectivity index (χ0n) is 15.4. The molecule has 0 aromatic carbocycles. The molecular formula is C20H18F2N4O2. The van der Waals surface area contributed by atoms with Crippen molar-refractivity contribution in [2.24, 2.45) is 5.92 Å². The van der Waals surface area contributed by atoms with Crippen molar-refractivity contribution in [2.45, 2.75) is 33.0 Å². The van der Waals surface area contributed by atoms with Crippen LogP contribution < -0.4 is 10.9 Å². The van der Waals surface area contributed by atoms with E-state index in [0.717, 1.165) is 6.20 Å². The largest absolute Gasteiger partial charge is 0.310 e. The lowest BCUT2D eigenvalue weighted by molar-refractivity contribution is -0.117. The Balaban J connectivity index is 1.82. The van der Waals surface area contributed by atoms with Gasteiger partial charge in [0.05, 0.1) is 17.6 Å². The minimum absolute atomic E-state index is 0.226. The number of rotatable bonds is 4. The maximum Gasteiger partial charge on any atom is 0.258 e. The number of fused-ring (bicyclic) bond motifs is 1. The summed E-state index contributed by atoms with van der Waals surface area (Å²) in [7, 11) is 0. The highest BCUT2D eigenvalue weighted by atomic mass is 19.1. The molecule has 0 aliphatic heterocycles. The SMILES string of the molecule is CCn1c(=O)c(-c2cncc(F)c2C)cc2cnc(NC(=O)[C@@H]3C[C@H]3F)cc21. The Hall–Kier alpha value is -3.16. The van der Waals surface area contributed by atoms with Gasteiger partial charge in [-0.2, -0.15) is 0 Å². The van der Waals surface area contributed by atoms with Crippen molar-refractivity contribution in [3.63, 3.8) is 0 Å². The van der Waals surface area contributed by atoms with Crippen LogP contribution in [0.25, 0.3) is 22.0 Å². The van der Waals surface area contributed by atoms with Gasteiger partial charge in [-0.05, 0) is 31.9 Å². The first-order chi connectivity index (χ1) is 13.4. The summed E-state index contributed by atoms with van der Waals surface area (Å²) in [5.74, 6) is -1.27. The number of aromatic nitrogens is 3. The normalized spacial score (nSPS) is 18.3. The summed E-state index contributed by atoms with van der Waals surface area (Å²) in [5.41, 5.74) is 1.39. The summed E-state index contributed by atoms with van der Waals surface area (Å²) < 4.78 is 28.5. The van der Waals surface area contributed by atoms with Crippen LogP contribution in [0, 0.1) is 18.7 Å². The molecule has 1 fully saturated rings. The molecule has 3 heterocycles. The number of nitrogens with one attached hydrogen (secondary N) is 1. The van der Waals surface area contributed by atoms with E-state index in [1.165, 1.54) is 17.0 Å². The van der Waals surface area contributed by atoms with E-state index in [1.807, 2.05) is 6.92 Å². The van der Waals surface area contributed by atoms with Gasteiger partial charge >= 0.3 is 0 Å². The van der Waals surface area contributed by atoms with Crippen molar-refractivity contribution in [1.29, 1.82) is 0 Å². The smallest absolute Gasteiger partial charge is 0.258 e. The average molecular weight is 384 g/mol. The lowest BCUT2D eigenvalue weighted by Gasteiger charge is -2.13. The van der Waals surface area contributed by atoms with E-state index in [0.29, 0.717) is 34.1 Å². The number of halogens is 2. The average Bonchev–Trinajstić information content (AvgIpc) is 3.41. The Morgan fingerprint density at radius 1 is 1.29 bits per heavy atom. The number of pyridine rings is 3. The van der Waals surface area contributed by atoms with Crippen LogP contribution in [0.5, 0.6) is 0 Å². The lowest BCUT2D eigenvalue weighted by Crippen LogP contribution is -2.22. The summed E-state index contributed by atoms with van der Waals surface area (Å²) >= 11 is 0. The molecule has 1 aliphatic carbocycles. The van der Waals surface area contributed by atoms with Gasteiger partial charge in [-0.3, -0.25) is 14.6 Å². The number of hydrogen-bond donors (Lipinski definition) is 1. The van der Waals surface area contributed by atoms with Gasteiger partial charge < -0.3 is 9.88 Å². The van der Waals surface area contributed by atoms with Gasteiger partial charge in [0, 0.05) is 41.5 Å². The molecule has 0 saturated heterocycles. The van der Waals surface area contributed by atoms with Gasteiger partial charge in [0.15, 0.2) is 0 Å². The zero-order valence-corrected chi connectivity index (χ0v) is 15.4. The number of nitrogens with zero attached hydrogens (tertiary/aromatic N) is 3. The Labute approximate surface area is 159 Å². The maximum absolute atomic E-state index is 13.9. The third-order valence-electron chi connectivity index (χ3n) is 5.04. The van der Waals surface area contributed by atoms with Crippen molar-refractivity contribution in [2.75, 3.05) is 5.32 Å². The molecule has 6 nitrogen and oxygen atoms in total. The lowest BCUT2D eigenvalue weighted by atomic mass is 10.0. The van der Waals surface area contributed by atoms with Crippen LogP contribution in [0.1, 0.15) is 18.9 Å². The van der Waals surface area contributed by atoms with E-state index in [2.05, 4.69) is 15.3 Å². The van der Waals surface area contributed by atoms with Crippen molar-refractivity contribution in [3.05, 3.63) is 52.5 Å². The highest BCUT2D eigenvalue weighted by Crippen LogP contribution is 2.34. The molecule has 3 aromatic rings. The number of amides is 1. The second-order valence-corrected chi connectivity index (χ2v) is 6.88. The molecule has 0 radical (unpaired) electrons. The molecule has 8 heteroatoms. The molecular weight excluding hydrogens is 366 g/mol. The van der Waals surface area contributed by atoms with Gasteiger partial charge in [-0.25, -0.2) is 13.8 Å². The van der Waals surface area contributed by atoms with E-state index in [1.54, 1.807) is 19.1 Å². The first-order valence-electron chi connectivity index (χ1n) is 8.99. The van der Waals surface area contributed by atoms with Gasteiger partial charge in [0.2, 0.25) is 5.91 Å². The number of aryl methyl sites for hydroxylation is 1. The molecule has 0 spiro atoms. The van der Waals surface area contributed by atoms with Gasteiger partial charge in [-0.15, -0.1) is 0 Å². The highest BCUT2D eigenvalue weighted by Gasteiger charge is 2.43. The fraction of sp³-hybridized carbons (Fsp3) is 0.300. The summed E-state index contributed by atoms with van der Waals surface area (Å²) in [5, 5.41) is 3.26. The van der Waals surface area contributed by atoms with Crippen LogP contribution in [-0.4, -0.2) is 26.6 Å². The summed E-state index contributed by atoms with van der Waals surface area (Å²) in [6, 6.07) is 3.23. The molecule has 1 N–H and O–H groups in total. The number of carbonyl (C=O) groups is 1. The van der Waals surface area contributed by atoms with Crippen LogP contribution in [0.2, 0.25) is 0 Å².